The van der Waals surface area contributed by atoms with Crippen molar-refractivity contribution >= 4 is 11.6 Å². The number of aromatic nitrogens is 3. The van der Waals surface area contributed by atoms with Crippen molar-refractivity contribution in [3.63, 3.8) is 0 Å². The van der Waals surface area contributed by atoms with E-state index in [1.807, 2.05) is 14.0 Å². The lowest BCUT2D eigenvalue weighted by Crippen LogP contribution is -2.30. The second-order valence-corrected chi connectivity index (χ2v) is 7.43. The molecule has 0 bridgehead atoms. The summed E-state index contributed by atoms with van der Waals surface area (Å²) in [5.41, 5.74) is 2.47. The average molecular weight is 343 g/mol. The van der Waals surface area contributed by atoms with Gasteiger partial charge in [-0.2, -0.15) is 5.10 Å². The first-order valence-electron chi connectivity index (χ1n) is 9.13. The third kappa shape index (κ3) is 3.08. The highest BCUT2D eigenvalue weighted by atomic mass is 16.2. The van der Waals surface area contributed by atoms with Crippen molar-refractivity contribution in [1.29, 1.82) is 0 Å². The number of aromatic amines is 1. The maximum absolute atomic E-state index is 12.9. The van der Waals surface area contributed by atoms with Gasteiger partial charge in [0.25, 0.3) is 11.5 Å². The highest BCUT2D eigenvalue weighted by molar-refractivity contribution is 6.00. The lowest BCUT2D eigenvalue weighted by Gasteiger charge is -2.23. The summed E-state index contributed by atoms with van der Waals surface area (Å²) >= 11 is 0. The molecule has 7 nitrogen and oxygen atoms in total. The van der Waals surface area contributed by atoms with Crippen molar-refractivity contribution in [3.8, 4) is 0 Å². The van der Waals surface area contributed by atoms with Crippen molar-refractivity contribution in [2.75, 3.05) is 26.7 Å². The Balaban J connectivity index is 1.77. The minimum absolute atomic E-state index is 0.0579. The topological polar surface area (TPSA) is 82.5 Å². The largest absolute Gasteiger partial charge is 0.341 e. The third-order valence-electron chi connectivity index (χ3n) is 5.37. The summed E-state index contributed by atoms with van der Waals surface area (Å²) in [7, 11) is 1.83. The molecule has 1 amide bonds. The second-order valence-electron chi connectivity index (χ2n) is 7.43. The van der Waals surface area contributed by atoms with Crippen LogP contribution in [0.1, 0.15) is 53.3 Å². The molecule has 2 aromatic rings. The van der Waals surface area contributed by atoms with Crippen molar-refractivity contribution < 1.29 is 4.79 Å². The summed E-state index contributed by atoms with van der Waals surface area (Å²) in [5, 5.41) is 7.95. The number of aryl methyl sites for hydroxylation is 1. The summed E-state index contributed by atoms with van der Waals surface area (Å²) in [5.74, 6) is 0.857. The number of nitrogens with one attached hydrogen (secondary N) is 2. The Kier molecular flexibility index (Phi) is 4.11. The van der Waals surface area contributed by atoms with Gasteiger partial charge in [0.15, 0.2) is 0 Å². The molecule has 134 valence electrons. The van der Waals surface area contributed by atoms with Crippen LogP contribution in [0.25, 0.3) is 5.65 Å². The van der Waals surface area contributed by atoms with E-state index in [1.54, 1.807) is 15.5 Å². The zero-order chi connectivity index (χ0) is 17.6. The molecule has 1 aliphatic heterocycles. The van der Waals surface area contributed by atoms with Crippen molar-refractivity contribution in [1.82, 2.24) is 24.8 Å². The van der Waals surface area contributed by atoms with Gasteiger partial charge in [-0.05, 0) is 51.6 Å². The van der Waals surface area contributed by atoms with Crippen LogP contribution in [-0.2, 0) is 0 Å². The standard InChI is InChI=1S/C18H25N5O2/c1-11-16(18(25)22(2)10-12-3-4-12)17-20-15(24)9-14(23(17)21-11)13-5-7-19-8-6-13/h9,12-13,19H,3-8,10H2,1-2H3,(H,20,24). The molecular weight excluding hydrogens is 318 g/mol. The van der Waals surface area contributed by atoms with E-state index in [0.29, 0.717) is 22.8 Å². The molecular formula is C18H25N5O2. The fourth-order valence-corrected chi connectivity index (χ4v) is 3.80. The minimum Gasteiger partial charge on any atom is -0.341 e. The number of rotatable bonds is 4. The van der Waals surface area contributed by atoms with Gasteiger partial charge in [-0.1, -0.05) is 0 Å². The molecule has 4 rings (SSSR count). The average Bonchev–Trinajstić information content (AvgIpc) is 3.35. The first kappa shape index (κ1) is 16.3. The normalized spacial score (nSPS) is 18.6. The van der Waals surface area contributed by atoms with Gasteiger partial charge in [0, 0.05) is 25.6 Å². The van der Waals surface area contributed by atoms with E-state index in [4.69, 9.17) is 0 Å². The number of carbonyl (C=O) groups is 1. The lowest BCUT2D eigenvalue weighted by molar-refractivity contribution is 0.0789. The number of amides is 1. The van der Waals surface area contributed by atoms with Crippen LogP contribution < -0.4 is 10.9 Å². The van der Waals surface area contributed by atoms with E-state index < -0.39 is 0 Å². The molecule has 1 aliphatic carbocycles. The Labute approximate surface area is 146 Å². The van der Waals surface area contributed by atoms with Crippen LogP contribution in [0.3, 0.4) is 0 Å². The molecule has 3 heterocycles. The first-order chi connectivity index (χ1) is 12.0. The molecule has 0 aromatic carbocycles. The van der Waals surface area contributed by atoms with Gasteiger partial charge in [0.05, 0.1) is 11.4 Å². The summed E-state index contributed by atoms with van der Waals surface area (Å²) in [6, 6.07) is 1.64. The molecule has 0 atom stereocenters. The van der Waals surface area contributed by atoms with Gasteiger partial charge >= 0.3 is 0 Å². The van der Waals surface area contributed by atoms with Crippen LogP contribution in [0, 0.1) is 12.8 Å². The van der Waals surface area contributed by atoms with Gasteiger partial charge in [-0.15, -0.1) is 0 Å². The molecule has 2 aromatic heterocycles. The Bertz CT molecular complexity index is 858. The Morgan fingerprint density at radius 3 is 2.72 bits per heavy atom. The number of hydrogen-bond donors (Lipinski definition) is 2. The maximum Gasteiger partial charge on any atom is 0.259 e. The van der Waals surface area contributed by atoms with E-state index in [9.17, 15) is 9.59 Å². The first-order valence-corrected chi connectivity index (χ1v) is 9.13. The number of nitrogens with zero attached hydrogens (tertiary/aromatic N) is 3. The zero-order valence-corrected chi connectivity index (χ0v) is 14.8. The quantitative estimate of drug-likeness (QED) is 0.876. The SMILES string of the molecule is Cc1nn2c(C3CCNCC3)cc(=O)[nH]c2c1C(=O)N(C)CC1CC1. The van der Waals surface area contributed by atoms with E-state index >= 15 is 0 Å². The highest BCUT2D eigenvalue weighted by Crippen LogP contribution is 2.30. The monoisotopic (exact) mass is 343 g/mol. The number of carbonyl (C=O) groups excluding carboxylic acids is 1. The smallest absolute Gasteiger partial charge is 0.259 e. The molecule has 0 unspecified atom stereocenters. The third-order valence-corrected chi connectivity index (χ3v) is 5.37. The number of piperidine rings is 1. The fourth-order valence-electron chi connectivity index (χ4n) is 3.80. The van der Waals surface area contributed by atoms with Crippen molar-refractivity contribution in [2.45, 2.75) is 38.5 Å². The Morgan fingerprint density at radius 2 is 2.04 bits per heavy atom. The van der Waals surface area contributed by atoms with E-state index in [1.165, 1.54) is 12.8 Å². The predicted octanol–water partition coefficient (Wildman–Crippen LogP) is 1.28. The molecule has 7 heteroatoms. The number of fused-ring (bicyclic) bond motifs is 1. The van der Waals surface area contributed by atoms with Gasteiger partial charge in [0.1, 0.15) is 11.2 Å². The molecule has 2 N–H and O–H groups in total. The van der Waals surface area contributed by atoms with Crippen LogP contribution in [-0.4, -0.2) is 52.1 Å². The van der Waals surface area contributed by atoms with Gasteiger partial charge in [-0.25, -0.2) is 4.52 Å². The van der Waals surface area contributed by atoms with Crippen molar-refractivity contribution in [2.24, 2.45) is 5.92 Å². The molecule has 0 radical (unpaired) electrons. The van der Waals surface area contributed by atoms with Crippen LogP contribution >= 0.6 is 0 Å². The van der Waals surface area contributed by atoms with Crippen molar-refractivity contribution in [3.05, 3.63) is 33.4 Å². The summed E-state index contributed by atoms with van der Waals surface area (Å²) in [6.45, 7) is 4.49. The van der Waals surface area contributed by atoms with Crippen LogP contribution in [0.2, 0.25) is 0 Å². The Hall–Kier alpha value is -2.15. The van der Waals surface area contributed by atoms with Gasteiger partial charge < -0.3 is 15.2 Å². The highest BCUT2D eigenvalue weighted by Gasteiger charge is 2.29. The second kappa shape index (κ2) is 6.29. The van der Waals surface area contributed by atoms with Gasteiger partial charge in [0.2, 0.25) is 0 Å². The van der Waals surface area contributed by atoms with Crippen LogP contribution in [0.4, 0.5) is 0 Å². The lowest BCUT2D eigenvalue weighted by atomic mass is 9.94. The summed E-state index contributed by atoms with van der Waals surface area (Å²) in [4.78, 5) is 29.8. The molecule has 2 fully saturated rings. The molecule has 1 saturated heterocycles. The molecule has 0 spiro atoms. The number of H-pyrrole nitrogens is 1. The fraction of sp³-hybridized carbons (Fsp3) is 0.611. The predicted molar refractivity (Wildman–Crippen MR) is 95.1 cm³/mol. The van der Waals surface area contributed by atoms with E-state index in [2.05, 4.69) is 15.4 Å². The molecule has 1 saturated carbocycles. The van der Waals surface area contributed by atoms with E-state index in [0.717, 1.165) is 38.2 Å². The van der Waals surface area contributed by atoms with Gasteiger partial charge in [-0.3, -0.25) is 9.59 Å². The Morgan fingerprint density at radius 1 is 1.32 bits per heavy atom. The molecule has 25 heavy (non-hydrogen) atoms. The minimum atomic E-state index is -0.167. The number of hydrogen-bond acceptors (Lipinski definition) is 4. The summed E-state index contributed by atoms with van der Waals surface area (Å²) < 4.78 is 1.78. The maximum atomic E-state index is 12.9. The molecule has 2 aliphatic rings. The van der Waals surface area contributed by atoms with Crippen LogP contribution in [0.15, 0.2) is 10.9 Å². The zero-order valence-electron chi connectivity index (χ0n) is 14.8. The van der Waals surface area contributed by atoms with E-state index in [-0.39, 0.29) is 17.4 Å². The van der Waals surface area contributed by atoms with Crippen LogP contribution in [0.5, 0.6) is 0 Å². The summed E-state index contributed by atoms with van der Waals surface area (Å²) in [6.07, 6.45) is 4.34.